The van der Waals surface area contributed by atoms with E-state index < -0.39 is 7.42 Å². The number of alkyl halides is 1. The molecule has 0 saturated heterocycles. The molecule has 104 valence electrons. The third-order valence-electron chi connectivity index (χ3n) is 3.06. The first-order valence-electron chi connectivity index (χ1n) is 7.11. The smallest absolute Gasteiger partial charge is 0.150 e. The molecule has 0 nitrogen and oxygen atoms in total. The van der Waals surface area contributed by atoms with Gasteiger partial charge in [0.05, 0.1) is 0 Å². The summed E-state index contributed by atoms with van der Waals surface area (Å²) in [6, 6.07) is 1.10. The molecule has 0 heterocycles. The van der Waals surface area contributed by atoms with Crippen molar-refractivity contribution in [2.75, 3.05) is 4.43 Å². The molecule has 17 heavy (non-hydrogen) atoms. The van der Waals surface area contributed by atoms with Gasteiger partial charge in [0.2, 0.25) is 7.42 Å². The SMILES string of the molecule is Cl[SiH](Cl)CCCCCCCCCCCCCI. The molecule has 0 radical (unpaired) electrons. The highest BCUT2D eigenvalue weighted by molar-refractivity contribution is 14.1. The van der Waals surface area contributed by atoms with E-state index in [0.717, 1.165) is 6.04 Å². The molecule has 0 aromatic heterocycles. The molecule has 4 heteroatoms. The topological polar surface area (TPSA) is 0 Å². The van der Waals surface area contributed by atoms with Gasteiger partial charge in [0.1, 0.15) is 0 Å². The summed E-state index contributed by atoms with van der Waals surface area (Å²) in [6.45, 7) is 0. The first-order valence-corrected chi connectivity index (χ1v) is 12.9. The number of rotatable bonds is 13. The van der Waals surface area contributed by atoms with Crippen molar-refractivity contribution in [2.24, 2.45) is 0 Å². The summed E-state index contributed by atoms with van der Waals surface area (Å²) in [6.07, 6.45) is 15.4. The Balaban J connectivity index is 2.89. The monoisotopic (exact) mass is 408 g/mol. The van der Waals surface area contributed by atoms with Crippen molar-refractivity contribution in [3.63, 3.8) is 0 Å². The van der Waals surface area contributed by atoms with Crippen molar-refractivity contribution in [3.8, 4) is 0 Å². The van der Waals surface area contributed by atoms with Crippen LogP contribution in [0.25, 0.3) is 0 Å². The van der Waals surface area contributed by atoms with Gasteiger partial charge in [-0.3, -0.25) is 0 Å². The summed E-state index contributed by atoms with van der Waals surface area (Å²) in [5, 5.41) is 0. The normalized spacial score (nSPS) is 11.3. The molecule has 0 rings (SSSR count). The van der Waals surface area contributed by atoms with Crippen LogP contribution >= 0.6 is 44.7 Å². The minimum absolute atomic E-state index is 1.10. The molecule has 0 fully saturated rings. The van der Waals surface area contributed by atoms with Crippen molar-refractivity contribution in [2.45, 2.75) is 76.7 Å². The van der Waals surface area contributed by atoms with E-state index in [1.54, 1.807) is 0 Å². The van der Waals surface area contributed by atoms with Gasteiger partial charge in [0, 0.05) is 0 Å². The lowest BCUT2D eigenvalue weighted by molar-refractivity contribution is 0.555. The third kappa shape index (κ3) is 17.5. The number of hydrogen-bond donors (Lipinski definition) is 0. The van der Waals surface area contributed by atoms with Gasteiger partial charge in [-0.25, -0.2) is 0 Å². The molecule has 0 aromatic rings. The molecule has 0 aliphatic heterocycles. The maximum absolute atomic E-state index is 5.82. The van der Waals surface area contributed by atoms with Crippen LogP contribution in [0.1, 0.15) is 70.6 Å². The summed E-state index contributed by atoms with van der Waals surface area (Å²) in [5.41, 5.74) is 0. The summed E-state index contributed by atoms with van der Waals surface area (Å²) in [7, 11) is -1.31. The Bertz CT molecular complexity index is 145. The second kappa shape index (κ2) is 15.6. The Kier molecular flexibility index (Phi) is 17.0. The van der Waals surface area contributed by atoms with Gasteiger partial charge < -0.3 is 0 Å². The zero-order chi connectivity index (χ0) is 12.8. The Labute approximate surface area is 132 Å². The van der Waals surface area contributed by atoms with Crippen LogP contribution in [-0.2, 0) is 0 Å². The zero-order valence-electron chi connectivity index (χ0n) is 10.9. The summed E-state index contributed by atoms with van der Waals surface area (Å²) < 4.78 is 1.33. The Morgan fingerprint density at radius 1 is 0.588 bits per heavy atom. The van der Waals surface area contributed by atoms with Gasteiger partial charge in [-0.2, -0.15) is 22.2 Å². The fraction of sp³-hybridized carbons (Fsp3) is 1.00. The highest BCUT2D eigenvalue weighted by Gasteiger charge is 2.00. The quantitative estimate of drug-likeness (QED) is 0.108. The largest absolute Gasteiger partial charge is 0.237 e. The predicted molar refractivity (Wildman–Crippen MR) is 93.3 cm³/mol. The van der Waals surface area contributed by atoms with Crippen LogP contribution in [0.4, 0.5) is 0 Å². The van der Waals surface area contributed by atoms with E-state index in [1.807, 2.05) is 0 Å². The van der Waals surface area contributed by atoms with E-state index in [9.17, 15) is 0 Å². The van der Waals surface area contributed by atoms with Crippen molar-refractivity contribution in [1.82, 2.24) is 0 Å². The van der Waals surface area contributed by atoms with Crippen LogP contribution < -0.4 is 0 Å². The van der Waals surface area contributed by atoms with Crippen molar-refractivity contribution < 1.29 is 0 Å². The van der Waals surface area contributed by atoms with Gasteiger partial charge in [0.25, 0.3) is 0 Å². The van der Waals surface area contributed by atoms with E-state index in [4.69, 9.17) is 22.2 Å². The Morgan fingerprint density at radius 2 is 0.941 bits per heavy atom. The Morgan fingerprint density at radius 3 is 1.29 bits per heavy atom. The maximum atomic E-state index is 5.82. The molecule has 0 bridgehead atoms. The van der Waals surface area contributed by atoms with Crippen LogP contribution in [0.15, 0.2) is 0 Å². The van der Waals surface area contributed by atoms with Crippen LogP contribution in [0.3, 0.4) is 0 Å². The van der Waals surface area contributed by atoms with E-state index in [2.05, 4.69) is 22.6 Å². The van der Waals surface area contributed by atoms with Gasteiger partial charge in [-0.15, -0.1) is 0 Å². The summed E-state index contributed by atoms with van der Waals surface area (Å²) in [4.78, 5) is 0. The molecule has 0 unspecified atom stereocenters. The molecule has 0 saturated carbocycles. The first-order chi connectivity index (χ1) is 8.27. The zero-order valence-corrected chi connectivity index (χ0v) is 15.7. The van der Waals surface area contributed by atoms with Crippen molar-refractivity contribution >= 4 is 52.2 Å². The van der Waals surface area contributed by atoms with Crippen LogP contribution in [0.5, 0.6) is 0 Å². The van der Waals surface area contributed by atoms with Gasteiger partial charge in [-0.1, -0.05) is 86.8 Å². The van der Waals surface area contributed by atoms with E-state index >= 15 is 0 Å². The van der Waals surface area contributed by atoms with Gasteiger partial charge in [-0.05, 0) is 16.9 Å². The second-order valence-electron chi connectivity index (χ2n) is 4.76. The first kappa shape index (κ1) is 18.5. The summed E-state index contributed by atoms with van der Waals surface area (Å²) in [5.74, 6) is 0. The molecular formula is C13H27Cl2ISi. The van der Waals surface area contributed by atoms with Gasteiger partial charge >= 0.3 is 0 Å². The minimum atomic E-state index is -1.31. The fourth-order valence-corrected chi connectivity index (χ4v) is 4.05. The van der Waals surface area contributed by atoms with E-state index in [-0.39, 0.29) is 0 Å². The Hall–Kier alpha value is 1.53. The lowest BCUT2D eigenvalue weighted by Crippen LogP contribution is -1.91. The molecule has 0 N–H and O–H groups in total. The molecule has 0 amide bonds. The average Bonchev–Trinajstić information content (AvgIpc) is 2.30. The second-order valence-corrected chi connectivity index (χ2v) is 11.0. The lowest BCUT2D eigenvalue weighted by Gasteiger charge is -2.02. The molecule has 0 spiro atoms. The van der Waals surface area contributed by atoms with Crippen molar-refractivity contribution in [3.05, 3.63) is 0 Å². The van der Waals surface area contributed by atoms with Crippen LogP contribution in [0, 0.1) is 0 Å². The minimum Gasteiger partial charge on any atom is -0.150 e. The standard InChI is InChI=1S/C13H27Cl2ISi/c14-17(15)13-11-9-7-5-3-1-2-4-6-8-10-12-16/h17H,1-13H2. The van der Waals surface area contributed by atoms with Crippen molar-refractivity contribution in [1.29, 1.82) is 0 Å². The maximum Gasteiger partial charge on any atom is 0.237 e. The number of halogens is 3. The molecule has 0 aromatic carbocycles. The molecular weight excluding hydrogens is 382 g/mol. The number of unbranched alkanes of at least 4 members (excludes halogenated alkanes) is 10. The average molecular weight is 409 g/mol. The van der Waals surface area contributed by atoms with Crippen LogP contribution in [-0.4, -0.2) is 11.8 Å². The molecule has 0 aliphatic rings. The van der Waals surface area contributed by atoms with Crippen LogP contribution in [0.2, 0.25) is 6.04 Å². The molecule has 0 atom stereocenters. The van der Waals surface area contributed by atoms with E-state index in [0.29, 0.717) is 0 Å². The predicted octanol–water partition coefficient (Wildman–Crippen LogP) is 6.41. The van der Waals surface area contributed by atoms with E-state index in [1.165, 1.54) is 75.1 Å². The summed E-state index contributed by atoms with van der Waals surface area (Å²) >= 11 is 14.1. The molecule has 0 aliphatic carbocycles. The number of hydrogen-bond acceptors (Lipinski definition) is 0. The fourth-order valence-electron chi connectivity index (χ4n) is 1.98. The van der Waals surface area contributed by atoms with Gasteiger partial charge in [0.15, 0.2) is 0 Å². The highest BCUT2D eigenvalue weighted by atomic mass is 127. The highest BCUT2D eigenvalue weighted by Crippen LogP contribution is 2.14. The third-order valence-corrected chi connectivity index (χ3v) is 5.97. The lowest BCUT2D eigenvalue weighted by atomic mass is 10.1.